The van der Waals surface area contributed by atoms with Crippen molar-refractivity contribution in [2.24, 2.45) is 0 Å². The van der Waals surface area contributed by atoms with Crippen LogP contribution >= 0.6 is 0 Å². The van der Waals surface area contributed by atoms with Crippen LogP contribution in [0.2, 0.25) is 0 Å². The number of nitrogens with zero attached hydrogens (tertiary/aromatic N) is 1. The fourth-order valence-electron chi connectivity index (χ4n) is 1.23. The summed E-state index contributed by atoms with van der Waals surface area (Å²) in [6.07, 6.45) is 1.15. The second kappa shape index (κ2) is 12.3. The zero-order valence-electron chi connectivity index (χ0n) is 12.2. The number of benzene rings is 1. The van der Waals surface area contributed by atoms with Crippen molar-refractivity contribution in [3.8, 4) is 0 Å². The first kappa shape index (κ1) is 17.6. The first-order valence-electron chi connectivity index (χ1n) is 6.39. The molecule has 0 unspecified atom stereocenters. The van der Waals surface area contributed by atoms with Crippen molar-refractivity contribution in [1.82, 2.24) is 4.90 Å². The molecule has 0 spiro atoms. The Labute approximate surface area is 102 Å². The van der Waals surface area contributed by atoms with Gasteiger partial charge >= 0.3 is 0 Å². The Hall–Kier alpha value is -0.820. The second-order valence-corrected chi connectivity index (χ2v) is 3.48. The maximum Gasteiger partial charge on any atom is 0.00158 e. The molecular weight excluding hydrogens is 194 g/mol. The molecule has 0 amide bonds. The van der Waals surface area contributed by atoms with Gasteiger partial charge in [-0.1, -0.05) is 52.0 Å². The lowest BCUT2D eigenvalue weighted by Crippen LogP contribution is -2.15. The van der Waals surface area contributed by atoms with E-state index in [0.29, 0.717) is 0 Å². The topological polar surface area (TPSA) is 3.24 Å². The van der Waals surface area contributed by atoms with Crippen molar-refractivity contribution < 1.29 is 0 Å². The minimum atomic E-state index is 1.13. The molecule has 1 aromatic carbocycles. The fourth-order valence-corrected chi connectivity index (χ4v) is 1.23. The Morgan fingerprint density at radius 3 is 1.88 bits per heavy atom. The van der Waals surface area contributed by atoms with Crippen LogP contribution in [0.4, 0.5) is 0 Å². The largest absolute Gasteiger partial charge is 0.309 e. The van der Waals surface area contributed by atoms with Crippen molar-refractivity contribution in [3.63, 3.8) is 0 Å². The molecule has 0 radical (unpaired) electrons. The van der Waals surface area contributed by atoms with Crippen LogP contribution in [0.1, 0.15) is 38.8 Å². The maximum absolute atomic E-state index is 2.21. The molecule has 0 heterocycles. The smallest absolute Gasteiger partial charge is 0.00158 e. The minimum Gasteiger partial charge on any atom is -0.309 e. The maximum atomic E-state index is 2.21. The summed E-state index contributed by atoms with van der Waals surface area (Å²) < 4.78 is 0. The van der Waals surface area contributed by atoms with E-state index >= 15 is 0 Å². The van der Waals surface area contributed by atoms with E-state index in [2.05, 4.69) is 50.2 Å². The van der Waals surface area contributed by atoms with E-state index in [9.17, 15) is 0 Å². The summed E-state index contributed by atoms with van der Waals surface area (Å²) in [4.78, 5) is 2.21. The Balaban J connectivity index is 0. The minimum absolute atomic E-state index is 1.13. The van der Waals surface area contributed by atoms with Gasteiger partial charge in [0.2, 0.25) is 0 Å². The molecule has 0 fully saturated rings. The molecule has 1 rings (SSSR count). The van der Waals surface area contributed by atoms with Crippen molar-refractivity contribution in [2.75, 3.05) is 20.6 Å². The number of hydrogen-bond acceptors (Lipinski definition) is 1. The van der Waals surface area contributed by atoms with Gasteiger partial charge in [-0.05, 0) is 38.6 Å². The van der Waals surface area contributed by atoms with Crippen LogP contribution in [0.3, 0.4) is 0 Å². The van der Waals surface area contributed by atoms with Gasteiger partial charge in [-0.2, -0.15) is 0 Å². The molecule has 0 saturated carbocycles. The highest BCUT2D eigenvalue weighted by Crippen LogP contribution is 2.07. The lowest BCUT2D eigenvalue weighted by Gasteiger charge is -2.10. The summed E-state index contributed by atoms with van der Waals surface area (Å²) in [5, 5.41) is 0. The predicted molar refractivity (Wildman–Crippen MR) is 76.1 cm³/mol. The monoisotopic (exact) mass is 223 g/mol. The van der Waals surface area contributed by atoms with Gasteiger partial charge < -0.3 is 4.90 Å². The van der Waals surface area contributed by atoms with Crippen molar-refractivity contribution >= 4 is 0 Å². The highest BCUT2D eigenvalue weighted by Gasteiger charge is 1.96. The molecule has 0 aliphatic heterocycles. The van der Waals surface area contributed by atoms with Gasteiger partial charge in [-0.15, -0.1) is 0 Å². The van der Waals surface area contributed by atoms with Crippen LogP contribution in [0.25, 0.3) is 0 Å². The Morgan fingerprint density at radius 2 is 1.44 bits per heavy atom. The molecule has 1 heteroatoms. The normalized spacial score (nSPS) is 8.75. The molecule has 0 N–H and O–H groups in total. The van der Waals surface area contributed by atoms with E-state index in [1.807, 2.05) is 27.7 Å². The van der Waals surface area contributed by atoms with Gasteiger partial charge in [0.1, 0.15) is 0 Å². The molecule has 0 atom stereocenters. The van der Waals surface area contributed by atoms with Gasteiger partial charge in [0, 0.05) is 6.54 Å². The predicted octanol–water partition coefficient (Wildman–Crippen LogP) is 4.15. The van der Waals surface area contributed by atoms with Crippen LogP contribution in [-0.2, 0) is 6.42 Å². The summed E-state index contributed by atoms with van der Waals surface area (Å²) >= 11 is 0. The SMILES string of the molecule is CC.CC.Cc1ccccc1CCN(C)C. The van der Waals surface area contributed by atoms with Crippen LogP contribution in [0, 0.1) is 6.92 Å². The van der Waals surface area contributed by atoms with E-state index in [4.69, 9.17) is 0 Å². The third kappa shape index (κ3) is 8.49. The molecular formula is C15H29N. The van der Waals surface area contributed by atoms with E-state index in [1.165, 1.54) is 11.1 Å². The lowest BCUT2D eigenvalue weighted by molar-refractivity contribution is 0.413. The van der Waals surface area contributed by atoms with Crippen LogP contribution < -0.4 is 0 Å². The van der Waals surface area contributed by atoms with Gasteiger partial charge in [-0.3, -0.25) is 0 Å². The van der Waals surface area contributed by atoms with Crippen LogP contribution in [0.5, 0.6) is 0 Å². The molecule has 1 nitrogen and oxygen atoms in total. The quantitative estimate of drug-likeness (QED) is 0.744. The van der Waals surface area contributed by atoms with Crippen molar-refractivity contribution in [2.45, 2.75) is 41.0 Å². The summed E-state index contributed by atoms with van der Waals surface area (Å²) in [5.74, 6) is 0. The van der Waals surface area contributed by atoms with E-state index in [0.717, 1.165) is 13.0 Å². The van der Waals surface area contributed by atoms with Crippen LogP contribution in [-0.4, -0.2) is 25.5 Å². The molecule has 0 aliphatic rings. The fraction of sp³-hybridized carbons (Fsp3) is 0.600. The zero-order valence-corrected chi connectivity index (χ0v) is 12.2. The molecule has 0 bridgehead atoms. The lowest BCUT2D eigenvalue weighted by atomic mass is 10.1. The molecule has 94 valence electrons. The van der Waals surface area contributed by atoms with Crippen molar-refractivity contribution in [3.05, 3.63) is 35.4 Å². The molecule has 0 aliphatic carbocycles. The first-order valence-corrected chi connectivity index (χ1v) is 6.39. The second-order valence-electron chi connectivity index (χ2n) is 3.48. The van der Waals surface area contributed by atoms with Gasteiger partial charge in [-0.25, -0.2) is 0 Å². The average molecular weight is 223 g/mol. The highest BCUT2D eigenvalue weighted by atomic mass is 15.0. The highest BCUT2D eigenvalue weighted by molar-refractivity contribution is 5.25. The molecule has 1 aromatic rings. The zero-order chi connectivity index (χ0) is 13.0. The summed E-state index contributed by atoms with van der Waals surface area (Å²) in [7, 11) is 4.22. The van der Waals surface area contributed by atoms with Gasteiger partial charge in [0.15, 0.2) is 0 Å². The molecule has 0 saturated heterocycles. The van der Waals surface area contributed by atoms with Crippen molar-refractivity contribution in [1.29, 1.82) is 0 Å². The standard InChI is InChI=1S/C11H17N.2C2H6/c1-10-6-4-5-7-11(10)8-9-12(2)3;2*1-2/h4-7H,8-9H2,1-3H3;2*1-2H3. The van der Waals surface area contributed by atoms with Gasteiger partial charge in [0.25, 0.3) is 0 Å². The Kier molecular flexibility index (Phi) is 13.5. The van der Waals surface area contributed by atoms with Gasteiger partial charge in [0.05, 0.1) is 0 Å². The molecule has 16 heavy (non-hydrogen) atoms. The first-order chi connectivity index (χ1) is 7.70. The number of rotatable bonds is 3. The number of hydrogen-bond donors (Lipinski definition) is 0. The van der Waals surface area contributed by atoms with Crippen LogP contribution in [0.15, 0.2) is 24.3 Å². The third-order valence-electron chi connectivity index (χ3n) is 2.09. The Morgan fingerprint density at radius 1 is 0.938 bits per heavy atom. The van der Waals surface area contributed by atoms with E-state index < -0.39 is 0 Å². The summed E-state index contributed by atoms with van der Waals surface area (Å²) in [5.41, 5.74) is 2.87. The number of aryl methyl sites for hydroxylation is 1. The number of likely N-dealkylation sites (N-methyl/N-ethyl adjacent to an activating group) is 1. The van der Waals surface area contributed by atoms with E-state index in [1.54, 1.807) is 0 Å². The summed E-state index contributed by atoms with van der Waals surface area (Å²) in [6, 6.07) is 8.58. The average Bonchev–Trinajstić information content (AvgIpc) is 2.33. The molecule has 0 aromatic heterocycles. The third-order valence-corrected chi connectivity index (χ3v) is 2.09. The van der Waals surface area contributed by atoms with E-state index in [-0.39, 0.29) is 0 Å². The Bertz CT molecular complexity index is 241. The summed E-state index contributed by atoms with van der Waals surface area (Å²) in [6.45, 7) is 11.3.